The second kappa shape index (κ2) is 6.58. The molecule has 2 aliphatic heterocycles. The number of thioether (sulfide) groups is 1. The number of hydrogen-bond acceptors (Lipinski definition) is 8. The number of ether oxygens (including phenoxy) is 1. The van der Waals surface area contributed by atoms with Crippen LogP contribution in [-0.2, 0) is 14.9 Å². The molecule has 0 fully saturated rings. The molecule has 0 aromatic heterocycles. The summed E-state index contributed by atoms with van der Waals surface area (Å²) in [6, 6.07) is 5.02. The maximum atomic E-state index is 12.5. The second-order valence-corrected chi connectivity index (χ2v) is 7.72. The van der Waals surface area contributed by atoms with Crippen LogP contribution >= 0.6 is 11.8 Å². The third-order valence-electron chi connectivity index (χ3n) is 3.62. The minimum Gasteiger partial charge on any atom is -0.495 e. The summed E-state index contributed by atoms with van der Waals surface area (Å²) in [4.78, 5) is 14.2. The lowest BCUT2D eigenvalue weighted by molar-refractivity contribution is -0.128. The van der Waals surface area contributed by atoms with Crippen molar-refractivity contribution in [1.82, 2.24) is 9.91 Å². The minimum absolute atomic E-state index is 0.305. The number of benzene rings is 1. The van der Waals surface area contributed by atoms with E-state index < -0.39 is 21.9 Å². The molecule has 1 amide bonds. The highest BCUT2D eigenvalue weighted by molar-refractivity contribution is 8.02. The summed E-state index contributed by atoms with van der Waals surface area (Å²) in [6.45, 7) is 0.534. The van der Waals surface area contributed by atoms with E-state index >= 15 is 0 Å². The van der Waals surface area contributed by atoms with Crippen LogP contribution in [0.5, 0.6) is 5.75 Å². The van der Waals surface area contributed by atoms with Gasteiger partial charge in [-0.25, -0.2) is 5.01 Å². The number of hydrazone groups is 1. The first kappa shape index (κ1) is 17.6. The van der Waals surface area contributed by atoms with Gasteiger partial charge in [0, 0.05) is 23.3 Å². The average molecular weight is 384 g/mol. The summed E-state index contributed by atoms with van der Waals surface area (Å²) in [5, 5.41) is 6.53. The van der Waals surface area contributed by atoms with E-state index in [-0.39, 0.29) is 0 Å². The van der Waals surface area contributed by atoms with Gasteiger partial charge in [0.2, 0.25) is 0 Å². The van der Waals surface area contributed by atoms with Crippen molar-refractivity contribution in [2.24, 2.45) is 5.10 Å². The summed E-state index contributed by atoms with van der Waals surface area (Å²) < 4.78 is 36.6. The molecule has 1 aromatic carbocycles. The molecule has 0 saturated heterocycles. The second-order valence-electron chi connectivity index (χ2n) is 5.32. The molecular formula is C14H16N4O5S2. The van der Waals surface area contributed by atoms with Gasteiger partial charge in [0.1, 0.15) is 11.4 Å². The van der Waals surface area contributed by atoms with Crippen LogP contribution in [0.2, 0.25) is 0 Å². The van der Waals surface area contributed by atoms with Crippen LogP contribution in [0, 0.1) is 0 Å². The van der Waals surface area contributed by atoms with Crippen molar-refractivity contribution in [3.63, 3.8) is 0 Å². The van der Waals surface area contributed by atoms with E-state index in [4.69, 9.17) is 15.0 Å². The quantitative estimate of drug-likeness (QED) is 0.568. The fourth-order valence-corrected chi connectivity index (χ4v) is 3.80. The maximum Gasteiger partial charge on any atom is 0.292 e. The highest BCUT2D eigenvalue weighted by Crippen LogP contribution is 2.29. The first-order chi connectivity index (χ1) is 11.8. The number of fused-ring (bicyclic) bond motifs is 1. The van der Waals surface area contributed by atoms with E-state index in [9.17, 15) is 13.2 Å². The third-order valence-corrected chi connectivity index (χ3v) is 5.00. The van der Waals surface area contributed by atoms with Gasteiger partial charge in [0.25, 0.3) is 16.0 Å². The molecule has 0 aliphatic carbocycles. The van der Waals surface area contributed by atoms with Gasteiger partial charge in [-0.05, 0) is 18.2 Å². The fourth-order valence-electron chi connectivity index (χ4n) is 2.53. The standard InChI is InChI=1S/C14H16N4O5S2/c1-23-12-3-2-9(6-10(12)15)13-16-18(8-25(20,21)22)14(19)11-7-24-5-4-17(11)13/h2-3,6-7H,4-5,8,15H2,1H3,(H,20,21,22). The maximum absolute atomic E-state index is 12.5. The molecule has 1 aromatic rings. The van der Waals surface area contributed by atoms with Crippen LogP contribution in [0.25, 0.3) is 0 Å². The average Bonchev–Trinajstić information content (AvgIpc) is 2.56. The first-order valence-corrected chi connectivity index (χ1v) is 9.85. The zero-order valence-corrected chi connectivity index (χ0v) is 14.9. The predicted octanol–water partition coefficient (Wildman–Crippen LogP) is 0.517. The van der Waals surface area contributed by atoms with Gasteiger partial charge in [-0.15, -0.1) is 16.9 Å². The lowest BCUT2D eigenvalue weighted by Crippen LogP contribution is -2.48. The van der Waals surface area contributed by atoms with E-state index in [1.54, 1.807) is 28.5 Å². The molecule has 11 heteroatoms. The molecule has 0 atom stereocenters. The Hall–Kier alpha value is -2.24. The molecule has 9 nitrogen and oxygen atoms in total. The van der Waals surface area contributed by atoms with Crippen molar-refractivity contribution >= 4 is 39.3 Å². The van der Waals surface area contributed by atoms with Crippen LogP contribution in [-0.4, -0.2) is 59.9 Å². The third kappa shape index (κ3) is 3.57. The van der Waals surface area contributed by atoms with Gasteiger partial charge in [-0.3, -0.25) is 9.35 Å². The number of rotatable bonds is 4. The number of hydrogen-bond donors (Lipinski definition) is 2. The van der Waals surface area contributed by atoms with Crippen LogP contribution in [0.1, 0.15) is 5.56 Å². The topological polar surface area (TPSA) is 126 Å². The number of amides is 1. The molecule has 2 aliphatic rings. The fraction of sp³-hybridized carbons (Fsp3) is 0.286. The zero-order valence-electron chi connectivity index (χ0n) is 13.2. The predicted molar refractivity (Wildman–Crippen MR) is 94.5 cm³/mol. The van der Waals surface area contributed by atoms with Gasteiger partial charge in [-0.1, -0.05) is 0 Å². The van der Waals surface area contributed by atoms with Gasteiger partial charge >= 0.3 is 0 Å². The molecule has 134 valence electrons. The summed E-state index contributed by atoms with van der Waals surface area (Å²) in [5.41, 5.74) is 7.23. The van der Waals surface area contributed by atoms with Gasteiger partial charge in [0.15, 0.2) is 11.7 Å². The van der Waals surface area contributed by atoms with Gasteiger partial charge in [-0.2, -0.15) is 8.42 Å². The van der Waals surface area contributed by atoms with Gasteiger partial charge in [0.05, 0.1) is 12.8 Å². The van der Waals surface area contributed by atoms with Crippen molar-refractivity contribution in [1.29, 1.82) is 0 Å². The summed E-state index contributed by atoms with van der Waals surface area (Å²) >= 11 is 1.45. The molecule has 0 radical (unpaired) electrons. The summed E-state index contributed by atoms with van der Waals surface area (Å²) in [7, 11) is -2.92. The molecule has 0 unspecified atom stereocenters. The highest BCUT2D eigenvalue weighted by atomic mass is 32.2. The van der Waals surface area contributed by atoms with Crippen LogP contribution in [0.15, 0.2) is 34.4 Å². The van der Waals surface area contributed by atoms with E-state index in [0.29, 0.717) is 35.1 Å². The van der Waals surface area contributed by atoms with Crippen LogP contribution in [0.4, 0.5) is 5.69 Å². The Morgan fingerprint density at radius 1 is 1.44 bits per heavy atom. The summed E-state index contributed by atoms with van der Waals surface area (Å²) in [6.07, 6.45) is 0. The number of carbonyl (C=O) groups excluding carboxylic acids is 1. The molecule has 0 saturated carbocycles. The van der Waals surface area contributed by atoms with E-state index in [0.717, 1.165) is 10.8 Å². The Kier molecular flexibility index (Phi) is 4.62. The number of nitrogen functional groups attached to an aromatic ring is 1. The number of nitrogens with two attached hydrogens (primary N) is 1. The highest BCUT2D eigenvalue weighted by Gasteiger charge is 2.35. The Bertz CT molecular complexity index is 881. The molecule has 3 N–H and O–H groups in total. The lowest BCUT2D eigenvalue weighted by atomic mass is 10.1. The minimum atomic E-state index is -4.42. The molecule has 2 heterocycles. The molecule has 0 bridgehead atoms. The number of nitrogens with zero attached hydrogens (tertiary/aromatic N) is 3. The van der Waals surface area contributed by atoms with Crippen molar-refractivity contribution in [2.45, 2.75) is 0 Å². The van der Waals surface area contributed by atoms with Crippen LogP contribution in [0.3, 0.4) is 0 Å². The molecular weight excluding hydrogens is 368 g/mol. The number of carbonyl (C=O) groups is 1. The van der Waals surface area contributed by atoms with Crippen molar-refractivity contribution in [3.05, 3.63) is 34.9 Å². The van der Waals surface area contributed by atoms with Crippen molar-refractivity contribution < 1.29 is 22.5 Å². The molecule has 25 heavy (non-hydrogen) atoms. The molecule has 0 spiro atoms. The first-order valence-electron chi connectivity index (χ1n) is 7.19. The van der Waals surface area contributed by atoms with Crippen LogP contribution < -0.4 is 10.5 Å². The number of methoxy groups -OCH3 is 1. The SMILES string of the molecule is COc1ccc(C2=NN(CS(=O)(=O)O)C(=O)C3=CSCCN32)cc1N. The normalized spacial score (nSPS) is 17.8. The Morgan fingerprint density at radius 2 is 2.20 bits per heavy atom. The van der Waals surface area contributed by atoms with E-state index in [2.05, 4.69) is 5.10 Å². The lowest BCUT2D eigenvalue weighted by Gasteiger charge is -2.36. The monoisotopic (exact) mass is 384 g/mol. The Morgan fingerprint density at radius 3 is 2.84 bits per heavy atom. The summed E-state index contributed by atoms with van der Waals surface area (Å²) in [5.74, 6) is 0.117. The zero-order chi connectivity index (χ0) is 18.2. The van der Waals surface area contributed by atoms with E-state index in [1.807, 2.05) is 0 Å². The van der Waals surface area contributed by atoms with Gasteiger partial charge < -0.3 is 15.4 Å². The molecule has 3 rings (SSSR count). The largest absolute Gasteiger partial charge is 0.495 e. The number of amidine groups is 1. The number of anilines is 1. The van der Waals surface area contributed by atoms with E-state index in [1.165, 1.54) is 18.9 Å². The Labute approximate surface area is 148 Å². The van der Waals surface area contributed by atoms with Crippen molar-refractivity contribution in [2.75, 3.05) is 31.0 Å². The van der Waals surface area contributed by atoms with Crippen molar-refractivity contribution in [3.8, 4) is 5.75 Å². The smallest absolute Gasteiger partial charge is 0.292 e. The Balaban J connectivity index is 2.09.